The van der Waals surface area contributed by atoms with Crippen LogP contribution in [0, 0.1) is 0 Å². The third-order valence-electron chi connectivity index (χ3n) is 6.95. The van der Waals surface area contributed by atoms with Crippen molar-refractivity contribution in [3.8, 4) is 17.1 Å². The zero-order valence-electron chi connectivity index (χ0n) is 27.2. The van der Waals surface area contributed by atoms with Gasteiger partial charge in [-0.2, -0.15) is 0 Å². The molecule has 0 spiro atoms. The lowest BCUT2D eigenvalue weighted by atomic mass is 10.1. The Kier molecular flexibility index (Phi) is 11.8. The van der Waals surface area contributed by atoms with E-state index in [1.165, 1.54) is 18.4 Å². The molecule has 2 aromatic carbocycles. The normalized spacial score (nSPS) is 14.2. The number of urea groups is 1. The zero-order chi connectivity index (χ0) is 34.0. The van der Waals surface area contributed by atoms with Crippen LogP contribution in [-0.4, -0.2) is 84.5 Å². The largest absolute Gasteiger partial charge is 0.496 e. The van der Waals surface area contributed by atoms with Crippen LogP contribution in [0.3, 0.4) is 0 Å². The molecule has 0 radical (unpaired) electrons. The third kappa shape index (κ3) is 10.5. The SMILES string of the molecule is COc1cc(NC(=O)Nc2cccc(CN(C(=O)CCCN(C)C(=O)OC(C)(C)C)C(=O)OC3CCOC3)c2)ccc1-c1cnco1. The summed E-state index contributed by atoms with van der Waals surface area (Å²) >= 11 is 0. The number of methoxy groups -OCH3 is 1. The molecule has 0 bridgehead atoms. The average Bonchev–Trinajstić information content (AvgIpc) is 3.74. The molecule has 0 aliphatic carbocycles. The van der Waals surface area contributed by atoms with Crippen molar-refractivity contribution < 1.29 is 42.5 Å². The molecule has 2 heterocycles. The number of imide groups is 1. The molecule has 0 saturated carbocycles. The summed E-state index contributed by atoms with van der Waals surface area (Å²) < 4.78 is 27.0. The molecule has 14 nitrogen and oxygen atoms in total. The Bertz CT molecular complexity index is 1530. The fourth-order valence-electron chi connectivity index (χ4n) is 4.64. The summed E-state index contributed by atoms with van der Waals surface area (Å²) in [7, 11) is 3.10. The molecule has 1 aliphatic heterocycles. The highest BCUT2D eigenvalue weighted by molar-refractivity contribution is 6.00. The second-order valence-corrected chi connectivity index (χ2v) is 11.9. The van der Waals surface area contributed by atoms with Crippen LogP contribution in [0.25, 0.3) is 11.3 Å². The van der Waals surface area contributed by atoms with E-state index in [1.807, 2.05) is 0 Å². The molecule has 3 aromatic rings. The number of ether oxygens (including phenoxy) is 4. The smallest absolute Gasteiger partial charge is 0.417 e. The predicted molar refractivity (Wildman–Crippen MR) is 172 cm³/mol. The van der Waals surface area contributed by atoms with Crippen molar-refractivity contribution in [2.24, 2.45) is 0 Å². The first-order valence-electron chi connectivity index (χ1n) is 15.2. The van der Waals surface area contributed by atoms with Crippen LogP contribution in [0.4, 0.5) is 25.8 Å². The quantitative estimate of drug-likeness (QED) is 0.255. The van der Waals surface area contributed by atoms with Crippen LogP contribution in [0.2, 0.25) is 0 Å². The second-order valence-electron chi connectivity index (χ2n) is 11.9. The van der Waals surface area contributed by atoms with E-state index < -0.39 is 35.8 Å². The summed E-state index contributed by atoms with van der Waals surface area (Å²) in [5.74, 6) is 0.542. The highest BCUT2D eigenvalue weighted by Crippen LogP contribution is 2.32. The average molecular weight is 652 g/mol. The number of hydrogen-bond donors (Lipinski definition) is 2. The van der Waals surface area contributed by atoms with Crippen molar-refractivity contribution in [3.05, 3.63) is 60.6 Å². The fourth-order valence-corrected chi connectivity index (χ4v) is 4.64. The minimum atomic E-state index is -0.787. The third-order valence-corrected chi connectivity index (χ3v) is 6.95. The van der Waals surface area contributed by atoms with Gasteiger partial charge in [0.05, 0.1) is 38.6 Å². The van der Waals surface area contributed by atoms with Gasteiger partial charge in [-0.3, -0.25) is 4.79 Å². The molecule has 1 aliphatic rings. The number of amides is 5. The van der Waals surface area contributed by atoms with E-state index in [0.29, 0.717) is 53.5 Å². The van der Waals surface area contributed by atoms with Gasteiger partial charge in [-0.25, -0.2) is 24.3 Å². The molecule has 1 aromatic heterocycles. The number of nitrogens with one attached hydrogen (secondary N) is 2. The minimum Gasteiger partial charge on any atom is -0.496 e. The number of rotatable bonds is 11. The molecular formula is C33H41N5O9. The van der Waals surface area contributed by atoms with Crippen LogP contribution in [0.1, 0.15) is 45.6 Å². The number of nitrogens with zero attached hydrogens (tertiary/aromatic N) is 3. The van der Waals surface area contributed by atoms with Gasteiger partial charge in [-0.15, -0.1) is 0 Å². The van der Waals surface area contributed by atoms with E-state index >= 15 is 0 Å². The highest BCUT2D eigenvalue weighted by atomic mass is 16.6. The number of carbonyl (C=O) groups is 4. The van der Waals surface area contributed by atoms with Gasteiger partial charge in [0.25, 0.3) is 0 Å². The summed E-state index contributed by atoms with van der Waals surface area (Å²) in [5.41, 5.74) is 1.53. The summed E-state index contributed by atoms with van der Waals surface area (Å²) in [6, 6.07) is 11.4. The molecule has 2 N–H and O–H groups in total. The molecule has 5 amide bonds. The number of aromatic nitrogens is 1. The van der Waals surface area contributed by atoms with Gasteiger partial charge >= 0.3 is 18.2 Å². The van der Waals surface area contributed by atoms with E-state index in [9.17, 15) is 19.2 Å². The summed E-state index contributed by atoms with van der Waals surface area (Å²) in [4.78, 5) is 58.0. The van der Waals surface area contributed by atoms with Crippen LogP contribution >= 0.6 is 0 Å². The van der Waals surface area contributed by atoms with E-state index in [-0.39, 0.29) is 26.1 Å². The lowest BCUT2D eigenvalue weighted by molar-refractivity contribution is -0.130. The molecule has 252 valence electrons. The minimum absolute atomic E-state index is 0.0115. The van der Waals surface area contributed by atoms with Crippen molar-refractivity contribution in [2.75, 3.05) is 44.5 Å². The number of anilines is 2. The van der Waals surface area contributed by atoms with Gasteiger partial charge in [0.2, 0.25) is 5.91 Å². The first kappa shape index (κ1) is 34.8. The van der Waals surface area contributed by atoms with E-state index in [1.54, 1.807) is 76.5 Å². The maximum Gasteiger partial charge on any atom is 0.417 e. The fraction of sp³-hybridized carbons (Fsp3) is 0.424. The van der Waals surface area contributed by atoms with Crippen LogP contribution in [0.15, 0.2) is 59.5 Å². The van der Waals surface area contributed by atoms with Crippen LogP contribution in [-0.2, 0) is 25.5 Å². The Hall–Kier alpha value is -5.11. The van der Waals surface area contributed by atoms with Crippen molar-refractivity contribution in [2.45, 2.75) is 58.3 Å². The molecule has 1 saturated heterocycles. The van der Waals surface area contributed by atoms with Gasteiger partial charge in [0.1, 0.15) is 17.5 Å². The van der Waals surface area contributed by atoms with Crippen molar-refractivity contribution >= 4 is 35.5 Å². The number of oxazole rings is 1. The number of benzene rings is 2. The van der Waals surface area contributed by atoms with E-state index in [2.05, 4.69) is 15.6 Å². The lowest BCUT2D eigenvalue weighted by Crippen LogP contribution is -2.39. The monoisotopic (exact) mass is 651 g/mol. The van der Waals surface area contributed by atoms with Crippen LogP contribution in [0.5, 0.6) is 5.75 Å². The Morgan fingerprint density at radius 2 is 1.81 bits per heavy atom. The van der Waals surface area contributed by atoms with Crippen molar-refractivity contribution in [1.82, 2.24) is 14.8 Å². The summed E-state index contributed by atoms with van der Waals surface area (Å²) in [6.45, 7) is 6.21. The Balaban J connectivity index is 1.39. The summed E-state index contributed by atoms with van der Waals surface area (Å²) in [5, 5.41) is 5.53. The number of carbonyl (C=O) groups excluding carboxylic acids is 4. The molecule has 14 heteroatoms. The first-order chi connectivity index (χ1) is 22.4. The van der Waals surface area contributed by atoms with Crippen molar-refractivity contribution in [1.29, 1.82) is 0 Å². The highest BCUT2D eigenvalue weighted by Gasteiger charge is 2.28. The number of hydrogen-bond acceptors (Lipinski definition) is 10. The zero-order valence-corrected chi connectivity index (χ0v) is 27.2. The summed E-state index contributed by atoms with van der Waals surface area (Å²) in [6.07, 6.45) is 1.98. The van der Waals surface area contributed by atoms with Gasteiger partial charge in [0, 0.05) is 43.9 Å². The van der Waals surface area contributed by atoms with Gasteiger partial charge in [-0.1, -0.05) is 12.1 Å². The first-order valence-corrected chi connectivity index (χ1v) is 15.2. The predicted octanol–water partition coefficient (Wildman–Crippen LogP) is 5.90. The Morgan fingerprint density at radius 3 is 2.47 bits per heavy atom. The van der Waals surface area contributed by atoms with Crippen molar-refractivity contribution in [3.63, 3.8) is 0 Å². The second kappa shape index (κ2) is 15.9. The van der Waals surface area contributed by atoms with Crippen LogP contribution < -0.4 is 15.4 Å². The van der Waals surface area contributed by atoms with E-state index in [4.69, 9.17) is 23.4 Å². The Labute approximate surface area is 273 Å². The maximum absolute atomic E-state index is 13.3. The van der Waals surface area contributed by atoms with Gasteiger partial charge in [-0.05, 0) is 57.0 Å². The molecule has 1 atom stereocenters. The molecular weight excluding hydrogens is 610 g/mol. The molecule has 4 rings (SSSR count). The van der Waals surface area contributed by atoms with Gasteiger partial charge in [0.15, 0.2) is 12.2 Å². The van der Waals surface area contributed by atoms with E-state index in [0.717, 1.165) is 4.90 Å². The standard InChI is InChI=1S/C33H41N5O9/c1-33(2,3)47-31(41)37(4)14-7-10-29(39)38(32(42)46-25-13-15-44-20-25)19-22-8-6-9-23(16-22)35-30(40)36-24-11-12-26(27(17-24)43-5)28-18-34-21-45-28/h6,8-9,11-12,16-18,21,25H,7,10,13-15,19-20H2,1-5H3,(H2,35,36,40). The Morgan fingerprint density at radius 1 is 1.04 bits per heavy atom. The maximum atomic E-state index is 13.3. The topological polar surface area (TPSA) is 162 Å². The molecule has 1 fully saturated rings. The lowest BCUT2D eigenvalue weighted by Gasteiger charge is -2.25. The molecule has 1 unspecified atom stereocenters. The molecule has 47 heavy (non-hydrogen) atoms. The van der Waals surface area contributed by atoms with Gasteiger partial charge < -0.3 is 38.9 Å².